The largest absolute Gasteiger partial charge is 0.303 e. The van der Waals surface area contributed by atoms with Gasteiger partial charge in [0.05, 0.1) is 6.04 Å². The van der Waals surface area contributed by atoms with Gasteiger partial charge in [-0.05, 0) is 49.7 Å². The number of rotatable bonds is 7. The third-order valence-electron chi connectivity index (χ3n) is 4.09. The van der Waals surface area contributed by atoms with Gasteiger partial charge >= 0.3 is 0 Å². The van der Waals surface area contributed by atoms with Crippen LogP contribution in [0.15, 0.2) is 35.0 Å². The van der Waals surface area contributed by atoms with Crippen LogP contribution >= 0.6 is 22.7 Å². The Morgan fingerprint density at radius 2 is 1.80 bits per heavy atom. The van der Waals surface area contributed by atoms with Gasteiger partial charge in [-0.2, -0.15) is 0 Å². The van der Waals surface area contributed by atoms with Gasteiger partial charge in [-0.3, -0.25) is 4.90 Å². The summed E-state index contributed by atoms with van der Waals surface area (Å²) in [7, 11) is 2.26. The standard InChI is InChI=1S/C16H22N2S2/c1-12(18(2)13-7-8-13)11-17-16(14-5-3-9-19-14)15-6-4-10-20-15/h3-6,9-10,12-13,16-17H,7-8,11H2,1-2H3. The van der Waals surface area contributed by atoms with E-state index in [1.54, 1.807) is 0 Å². The smallest absolute Gasteiger partial charge is 0.0765 e. The molecule has 1 fully saturated rings. The van der Waals surface area contributed by atoms with Crippen molar-refractivity contribution in [1.29, 1.82) is 0 Å². The summed E-state index contributed by atoms with van der Waals surface area (Å²) in [6.45, 7) is 3.36. The molecule has 0 bridgehead atoms. The van der Waals surface area contributed by atoms with E-state index in [-0.39, 0.29) is 0 Å². The lowest BCUT2D eigenvalue weighted by Gasteiger charge is -2.27. The van der Waals surface area contributed by atoms with Crippen LogP contribution < -0.4 is 5.32 Å². The average molecular weight is 307 g/mol. The fourth-order valence-electron chi connectivity index (χ4n) is 2.53. The predicted molar refractivity (Wildman–Crippen MR) is 88.7 cm³/mol. The van der Waals surface area contributed by atoms with Crippen molar-refractivity contribution in [2.24, 2.45) is 0 Å². The molecule has 0 aliphatic heterocycles. The van der Waals surface area contributed by atoms with E-state index in [1.807, 2.05) is 22.7 Å². The summed E-state index contributed by atoms with van der Waals surface area (Å²) in [6.07, 6.45) is 2.75. The number of nitrogens with zero attached hydrogens (tertiary/aromatic N) is 1. The van der Waals surface area contributed by atoms with Crippen LogP contribution in [0.1, 0.15) is 35.6 Å². The second-order valence-corrected chi connectivity index (χ2v) is 7.58. The molecule has 2 nitrogen and oxygen atoms in total. The summed E-state index contributed by atoms with van der Waals surface area (Å²) in [5.41, 5.74) is 0. The van der Waals surface area contributed by atoms with Gasteiger partial charge < -0.3 is 5.32 Å². The van der Waals surface area contributed by atoms with Crippen molar-refractivity contribution < 1.29 is 0 Å². The van der Waals surface area contributed by atoms with Gasteiger partial charge in [-0.25, -0.2) is 0 Å². The number of hydrogen-bond donors (Lipinski definition) is 1. The van der Waals surface area contributed by atoms with Crippen LogP contribution in [-0.2, 0) is 0 Å². The number of hydrogen-bond acceptors (Lipinski definition) is 4. The molecule has 0 spiro atoms. The molecule has 1 N–H and O–H groups in total. The third kappa shape index (κ3) is 3.31. The van der Waals surface area contributed by atoms with Gasteiger partial charge in [-0.15, -0.1) is 22.7 Å². The summed E-state index contributed by atoms with van der Waals surface area (Å²) < 4.78 is 0. The van der Waals surface area contributed by atoms with Crippen molar-refractivity contribution in [3.63, 3.8) is 0 Å². The molecule has 4 heteroatoms. The molecular formula is C16H22N2S2. The molecule has 1 aliphatic carbocycles. The van der Waals surface area contributed by atoms with Crippen LogP contribution in [0.4, 0.5) is 0 Å². The lowest BCUT2D eigenvalue weighted by Crippen LogP contribution is -2.40. The Morgan fingerprint density at radius 1 is 1.20 bits per heavy atom. The molecule has 2 aromatic heterocycles. The van der Waals surface area contributed by atoms with E-state index in [9.17, 15) is 0 Å². The van der Waals surface area contributed by atoms with Crippen molar-refractivity contribution in [2.45, 2.75) is 37.9 Å². The Bertz CT molecular complexity index is 468. The van der Waals surface area contributed by atoms with Crippen LogP contribution in [0.2, 0.25) is 0 Å². The highest BCUT2D eigenvalue weighted by atomic mass is 32.1. The quantitative estimate of drug-likeness (QED) is 0.832. The SMILES string of the molecule is CC(CNC(c1cccs1)c1cccs1)N(C)C1CC1. The summed E-state index contributed by atoms with van der Waals surface area (Å²) in [6, 6.07) is 10.5. The van der Waals surface area contributed by atoms with Crippen LogP contribution in [-0.4, -0.2) is 30.6 Å². The molecule has 2 aromatic rings. The lowest BCUT2D eigenvalue weighted by molar-refractivity contribution is 0.238. The first-order valence-corrected chi connectivity index (χ1v) is 9.03. The molecule has 1 saturated carbocycles. The number of thiophene rings is 2. The van der Waals surface area contributed by atoms with Gasteiger partial charge in [-0.1, -0.05) is 12.1 Å². The van der Waals surface area contributed by atoms with Crippen molar-refractivity contribution in [3.05, 3.63) is 44.8 Å². The molecule has 2 heterocycles. The Balaban J connectivity index is 1.65. The molecule has 1 aliphatic rings. The van der Waals surface area contributed by atoms with E-state index in [1.165, 1.54) is 22.6 Å². The molecule has 3 rings (SSSR count). The topological polar surface area (TPSA) is 15.3 Å². The van der Waals surface area contributed by atoms with E-state index in [2.05, 4.69) is 59.2 Å². The first-order valence-electron chi connectivity index (χ1n) is 7.28. The molecule has 1 atom stereocenters. The highest BCUT2D eigenvalue weighted by Crippen LogP contribution is 2.30. The summed E-state index contributed by atoms with van der Waals surface area (Å²) in [4.78, 5) is 5.34. The maximum Gasteiger partial charge on any atom is 0.0765 e. The minimum atomic E-state index is 0.352. The number of likely N-dealkylation sites (N-methyl/N-ethyl adjacent to an activating group) is 1. The van der Waals surface area contributed by atoms with Gasteiger partial charge in [0.2, 0.25) is 0 Å². The van der Waals surface area contributed by atoms with Crippen molar-refractivity contribution in [2.75, 3.05) is 13.6 Å². The molecule has 0 amide bonds. The van der Waals surface area contributed by atoms with E-state index < -0.39 is 0 Å². The first-order chi connectivity index (χ1) is 9.75. The molecule has 0 aromatic carbocycles. The van der Waals surface area contributed by atoms with Crippen molar-refractivity contribution in [3.8, 4) is 0 Å². The van der Waals surface area contributed by atoms with Gasteiger partial charge in [0.15, 0.2) is 0 Å². The van der Waals surface area contributed by atoms with Crippen LogP contribution in [0.25, 0.3) is 0 Å². The molecule has 20 heavy (non-hydrogen) atoms. The van der Waals surface area contributed by atoms with Crippen LogP contribution in [0.3, 0.4) is 0 Å². The Kier molecular flexibility index (Phi) is 4.56. The van der Waals surface area contributed by atoms with Crippen LogP contribution in [0.5, 0.6) is 0 Å². The lowest BCUT2D eigenvalue weighted by atomic mass is 10.2. The van der Waals surface area contributed by atoms with E-state index in [0.29, 0.717) is 12.1 Å². The van der Waals surface area contributed by atoms with Gasteiger partial charge in [0.25, 0.3) is 0 Å². The first kappa shape index (κ1) is 14.3. The highest BCUT2D eigenvalue weighted by Gasteiger charge is 2.29. The minimum Gasteiger partial charge on any atom is -0.303 e. The molecular weight excluding hydrogens is 284 g/mol. The molecule has 0 radical (unpaired) electrons. The Morgan fingerprint density at radius 3 is 2.25 bits per heavy atom. The summed E-state index contributed by atoms with van der Waals surface area (Å²) in [5.74, 6) is 0. The Hall–Kier alpha value is -0.680. The molecule has 108 valence electrons. The Labute approximate surface area is 129 Å². The maximum atomic E-state index is 3.77. The third-order valence-corrected chi connectivity index (χ3v) is 5.97. The van der Waals surface area contributed by atoms with E-state index in [0.717, 1.165) is 12.6 Å². The van der Waals surface area contributed by atoms with Crippen molar-refractivity contribution >= 4 is 22.7 Å². The fraction of sp³-hybridized carbons (Fsp3) is 0.500. The minimum absolute atomic E-state index is 0.352. The second kappa shape index (κ2) is 6.39. The fourth-order valence-corrected chi connectivity index (χ4v) is 4.24. The normalized spacial score (nSPS) is 17.0. The second-order valence-electron chi connectivity index (χ2n) is 5.62. The van der Waals surface area contributed by atoms with Crippen molar-refractivity contribution in [1.82, 2.24) is 10.2 Å². The van der Waals surface area contributed by atoms with Crippen LogP contribution in [0, 0.1) is 0 Å². The zero-order valence-corrected chi connectivity index (χ0v) is 13.7. The predicted octanol–water partition coefficient (Wildman–Crippen LogP) is 3.97. The maximum absolute atomic E-state index is 3.77. The highest BCUT2D eigenvalue weighted by molar-refractivity contribution is 7.11. The van der Waals surface area contributed by atoms with E-state index in [4.69, 9.17) is 0 Å². The summed E-state index contributed by atoms with van der Waals surface area (Å²) >= 11 is 3.68. The summed E-state index contributed by atoms with van der Waals surface area (Å²) in [5, 5.41) is 8.10. The monoisotopic (exact) mass is 306 g/mol. The van der Waals surface area contributed by atoms with E-state index >= 15 is 0 Å². The van der Waals surface area contributed by atoms with Gasteiger partial charge in [0, 0.05) is 28.4 Å². The zero-order valence-electron chi connectivity index (χ0n) is 12.1. The van der Waals surface area contributed by atoms with Gasteiger partial charge in [0.1, 0.15) is 0 Å². The zero-order chi connectivity index (χ0) is 13.9. The number of nitrogens with one attached hydrogen (secondary N) is 1. The average Bonchev–Trinajstić information content (AvgIpc) is 2.94. The molecule has 1 unspecified atom stereocenters. The molecule has 0 saturated heterocycles.